The smallest absolute Gasteiger partial charge is 0.268 e. The second kappa shape index (κ2) is 3.36. The second-order valence-corrected chi connectivity index (χ2v) is 5.29. The van der Waals surface area contributed by atoms with Gasteiger partial charge < -0.3 is 10.3 Å². The molecule has 2 aromatic rings. The molecule has 0 atom stereocenters. The lowest BCUT2D eigenvalue weighted by atomic mass is 10.2. The summed E-state index contributed by atoms with van der Waals surface area (Å²) in [7, 11) is 0. The van der Waals surface area contributed by atoms with Crippen LogP contribution in [0.4, 0.5) is 0 Å². The van der Waals surface area contributed by atoms with Gasteiger partial charge in [0.1, 0.15) is 5.69 Å². The number of benzene rings is 1. The van der Waals surface area contributed by atoms with Crippen LogP contribution < -0.4 is 5.32 Å². The highest BCUT2D eigenvalue weighted by Gasteiger charge is 2.39. The molecular formula is C14H16N2O. The van der Waals surface area contributed by atoms with Gasteiger partial charge in [0.25, 0.3) is 5.91 Å². The summed E-state index contributed by atoms with van der Waals surface area (Å²) in [4.78, 5) is 15.2. The van der Waals surface area contributed by atoms with Gasteiger partial charge in [-0.1, -0.05) is 11.6 Å². The Morgan fingerprint density at radius 3 is 2.82 bits per heavy atom. The van der Waals surface area contributed by atoms with Gasteiger partial charge in [0.05, 0.1) is 0 Å². The number of nitrogens with one attached hydrogen (secondary N) is 2. The number of fused-ring (bicyclic) bond motifs is 1. The Kier molecular flexibility index (Phi) is 2.05. The summed E-state index contributed by atoms with van der Waals surface area (Å²) in [6, 6.07) is 8.06. The van der Waals surface area contributed by atoms with E-state index in [4.69, 9.17) is 0 Å². The molecule has 3 heteroatoms. The largest absolute Gasteiger partial charge is 0.351 e. The summed E-state index contributed by atoms with van der Waals surface area (Å²) in [6.45, 7) is 4.13. The minimum absolute atomic E-state index is 0.00106. The van der Waals surface area contributed by atoms with Gasteiger partial charge in [0.15, 0.2) is 0 Å². The average molecular weight is 228 g/mol. The van der Waals surface area contributed by atoms with Crippen LogP contribution in [-0.2, 0) is 0 Å². The average Bonchev–Trinajstić information content (AvgIpc) is 2.85. The summed E-state index contributed by atoms with van der Waals surface area (Å²) < 4.78 is 0. The Morgan fingerprint density at radius 2 is 2.12 bits per heavy atom. The van der Waals surface area contributed by atoms with Crippen molar-refractivity contribution >= 4 is 16.8 Å². The number of aryl methyl sites for hydroxylation is 1. The van der Waals surface area contributed by atoms with Gasteiger partial charge in [-0.15, -0.1) is 0 Å². The number of amides is 1. The first-order valence-electron chi connectivity index (χ1n) is 5.98. The molecule has 1 aliphatic rings. The molecule has 3 nitrogen and oxygen atoms in total. The fourth-order valence-electron chi connectivity index (χ4n) is 2.03. The Bertz CT molecular complexity index is 593. The van der Waals surface area contributed by atoms with Crippen molar-refractivity contribution in [3.63, 3.8) is 0 Å². The van der Waals surface area contributed by atoms with Crippen LogP contribution in [0.25, 0.3) is 10.9 Å². The molecule has 2 N–H and O–H groups in total. The fraction of sp³-hybridized carbons (Fsp3) is 0.357. The van der Waals surface area contributed by atoms with Crippen LogP contribution in [0.1, 0.15) is 35.8 Å². The second-order valence-electron chi connectivity index (χ2n) is 5.29. The highest BCUT2D eigenvalue weighted by molar-refractivity contribution is 5.98. The number of aromatic amines is 1. The first-order valence-corrected chi connectivity index (χ1v) is 5.98. The van der Waals surface area contributed by atoms with Crippen molar-refractivity contribution < 1.29 is 4.79 Å². The van der Waals surface area contributed by atoms with Crippen LogP contribution in [-0.4, -0.2) is 16.4 Å². The molecule has 1 aromatic carbocycles. The van der Waals surface area contributed by atoms with E-state index in [1.807, 2.05) is 18.2 Å². The quantitative estimate of drug-likeness (QED) is 0.815. The molecule has 3 rings (SSSR count). The SMILES string of the molecule is Cc1ccc2[nH]c(C(=O)NC3(C)CC3)cc2c1. The van der Waals surface area contributed by atoms with Crippen molar-refractivity contribution in [3.05, 3.63) is 35.5 Å². The van der Waals surface area contributed by atoms with Crippen LogP contribution in [0.5, 0.6) is 0 Å². The van der Waals surface area contributed by atoms with E-state index in [2.05, 4.69) is 30.2 Å². The van der Waals surface area contributed by atoms with Gasteiger partial charge in [-0.25, -0.2) is 0 Å². The monoisotopic (exact) mass is 228 g/mol. The zero-order valence-electron chi connectivity index (χ0n) is 10.1. The molecule has 0 saturated heterocycles. The lowest BCUT2D eigenvalue weighted by Crippen LogP contribution is -2.34. The van der Waals surface area contributed by atoms with Gasteiger partial charge in [-0.05, 0) is 44.9 Å². The van der Waals surface area contributed by atoms with E-state index in [0.717, 1.165) is 23.7 Å². The zero-order valence-corrected chi connectivity index (χ0v) is 10.1. The maximum Gasteiger partial charge on any atom is 0.268 e. The van der Waals surface area contributed by atoms with Crippen molar-refractivity contribution in [2.24, 2.45) is 0 Å². The molecule has 17 heavy (non-hydrogen) atoms. The molecule has 1 amide bonds. The van der Waals surface area contributed by atoms with Gasteiger partial charge in [0.2, 0.25) is 0 Å². The third kappa shape index (κ3) is 1.93. The van der Waals surface area contributed by atoms with Crippen molar-refractivity contribution in [1.82, 2.24) is 10.3 Å². The number of aromatic nitrogens is 1. The van der Waals surface area contributed by atoms with Crippen molar-refractivity contribution in [2.75, 3.05) is 0 Å². The standard InChI is InChI=1S/C14H16N2O/c1-9-3-4-11-10(7-9)8-12(15-11)13(17)16-14(2)5-6-14/h3-4,7-8,15H,5-6H2,1-2H3,(H,16,17). The van der Waals surface area contributed by atoms with Crippen molar-refractivity contribution in [3.8, 4) is 0 Å². The van der Waals surface area contributed by atoms with Gasteiger partial charge >= 0.3 is 0 Å². The van der Waals surface area contributed by atoms with Crippen LogP contribution in [0, 0.1) is 6.92 Å². The van der Waals surface area contributed by atoms with E-state index in [9.17, 15) is 4.79 Å². The van der Waals surface area contributed by atoms with Gasteiger partial charge in [0, 0.05) is 16.4 Å². The van der Waals surface area contributed by atoms with E-state index >= 15 is 0 Å². The number of rotatable bonds is 2. The Balaban J connectivity index is 1.92. The maximum atomic E-state index is 12.0. The van der Waals surface area contributed by atoms with Gasteiger partial charge in [-0.3, -0.25) is 4.79 Å². The maximum absolute atomic E-state index is 12.0. The predicted octanol–water partition coefficient (Wildman–Crippen LogP) is 2.76. The van der Waals surface area contributed by atoms with E-state index in [0.29, 0.717) is 5.69 Å². The van der Waals surface area contributed by atoms with E-state index < -0.39 is 0 Å². The van der Waals surface area contributed by atoms with E-state index in [1.165, 1.54) is 5.56 Å². The summed E-state index contributed by atoms with van der Waals surface area (Å²) >= 11 is 0. The third-order valence-corrected chi connectivity index (χ3v) is 3.44. The molecule has 1 fully saturated rings. The highest BCUT2D eigenvalue weighted by Crippen LogP contribution is 2.34. The number of carbonyl (C=O) groups excluding carboxylic acids is 1. The van der Waals surface area contributed by atoms with E-state index in [1.54, 1.807) is 0 Å². The minimum Gasteiger partial charge on any atom is -0.351 e. The molecule has 0 bridgehead atoms. The molecular weight excluding hydrogens is 212 g/mol. The summed E-state index contributed by atoms with van der Waals surface area (Å²) in [5, 5.41) is 4.15. The molecule has 1 aliphatic carbocycles. The summed E-state index contributed by atoms with van der Waals surface area (Å²) in [5.41, 5.74) is 2.91. The minimum atomic E-state index is -0.00106. The Labute approximate surface area is 100 Å². The molecule has 0 aliphatic heterocycles. The summed E-state index contributed by atoms with van der Waals surface area (Å²) in [5.74, 6) is -0.00106. The highest BCUT2D eigenvalue weighted by atomic mass is 16.2. The normalized spacial score (nSPS) is 17.1. The van der Waals surface area contributed by atoms with E-state index in [-0.39, 0.29) is 11.4 Å². The number of hydrogen-bond donors (Lipinski definition) is 2. The van der Waals surface area contributed by atoms with Crippen molar-refractivity contribution in [2.45, 2.75) is 32.2 Å². The number of carbonyl (C=O) groups is 1. The third-order valence-electron chi connectivity index (χ3n) is 3.44. The predicted molar refractivity (Wildman–Crippen MR) is 68.1 cm³/mol. The lowest BCUT2D eigenvalue weighted by molar-refractivity contribution is 0.0931. The lowest BCUT2D eigenvalue weighted by Gasteiger charge is -2.09. The molecule has 1 aromatic heterocycles. The van der Waals surface area contributed by atoms with Crippen molar-refractivity contribution in [1.29, 1.82) is 0 Å². The molecule has 1 saturated carbocycles. The Morgan fingerprint density at radius 1 is 1.35 bits per heavy atom. The number of hydrogen-bond acceptors (Lipinski definition) is 1. The van der Waals surface area contributed by atoms with Crippen LogP contribution in [0.2, 0.25) is 0 Å². The molecule has 1 heterocycles. The van der Waals surface area contributed by atoms with Crippen LogP contribution in [0.3, 0.4) is 0 Å². The molecule has 0 unspecified atom stereocenters. The van der Waals surface area contributed by atoms with Crippen LogP contribution >= 0.6 is 0 Å². The summed E-state index contributed by atoms with van der Waals surface area (Å²) in [6.07, 6.45) is 2.16. The number of H-pyrrole nitrogens is 1. The first kappa shape index (κ1) is 10.4. The zero-order chi connectivity index (χ0) is 12.0. The molecule has 88 valence electrons. The van der Waals surface area contributed by atoms with Crippen LogP contribution in [0.15, 0.2) is 24.3 Å². The fourth-order valence-corrected chi connectivity index (χ4v) is 2.03. The Hall–Kier alpha value is -1.77. The first-order chi connectivity index (χ1) is 8.06. The topological polar surface area (TPSA) is 44.9 Å². The molecule has 0 radical (unpaired) electrons. The molecule has 0 spiro atoms. The van der Waals surface area contributed by atoms with Gasteiger partial charge in [-0.2, -0.15) is 0 Å².